The Morgan fingerprint density at radius 1 is 0.957 bits per heavy atom. The molecule has 0 bridgehead atoms. The molecule has 0 atom stereocenters. The van der Waals surface area contributed by atoms with E-state index >= 15 is 0 Å². The Labute approximate surface area is 131 Å². The van der Waals surface area contributed by atoms with Crippen LogP contribution in [0.4, 0.5) is 14.5 Å². The highest BCUT2D eigenvalue weighted by atomic mass is 19.2. The fourth-order valence-electron chi connectivity index (χ4n) is 2.16. The highest BCUT2D eigenvalue weighted by Crippen LogP contribution is 2.14. The highest BCUT2D eigenvalue weighted by Gasteiger charge is 2.18. The summed E-state index contributed by atoms with van der Waals surface area (Å²) in [4.78, 5) is 12.4. The van der Waals surface area contributed by atoms with Crippen molar-refractivity contribution < 1.29 is 8.78 Å². The highest BCUT2D eigenvalue weighted by molar-refractivity contribution is 5.45. The van der Waals surface area contributed by atoms with Gasteiger partial charge in [0.15, 0.2) is 0 Å². The lowest BCUT2D eigenvalue weighted by molar-refractivity contribution is 0.452. The molecule has 0 saturated carbocycles. The lowest BCUT2D eigenvalue weighted by Gasteiger charge is -2.11. The first-order valence-electron chi connectivity index (χ1n) is 6.98. The molecule has 0 saturated heterocycles. The van der Waals surface area contributed by atoms with Gasteiger partial charge in [0.2, 0.25) is 5.82 Å². The zero-order valence-electron chi connectivity index (χ0n) is 12.0. The van der Waals surface area contributed by atoms with Crippen LogP contribution < -0.4 is 10.9 Å². The molecule has 0 fully saturated rings. The van der Waals surface area contributed by atoms with Gasteiger partial charge in [0.25, 0.3) is 11.5 Å². The van der Waals surface area contributed by atoms with Gasteiger partial charge in [-0.15, -0.1) is 5.10 Å². The summed E-state index contributed by atoms with van der Waals surface area (Å²) in [6.07, 6.45) is 0. The van der Waals surface area contributed by atoms with E-state index in [4.69, 9.17) is 0 Å². The number of aromatic nitrogens is 2. The number of benzene rings is 2. The molecule has 23 heavy (non-hydrogen) atoms. The fraction of sp³-hybridized carbons (Fsp3) is 0.0588. The smallest absolute Gasteiger partial charge is 0.298 e. The van der Waals surface area contributed by atoms with Crippen LogP contribution >= 0.6 is 0 Å². The van der Waals surface area contributed by atoms with Crippen molar-refractivity contribution in [1.29, 1.82) is 0 Å². The third-order valence-electron chi connectivity index (χ3n) is 3.31. The number of halogens is 2. The van der Waals surface area contributed by atoms with Crippen LogP contribution in [0.3, 0.4) is 0 Å². The van der Waals surface area contributed by atoms with Crippen molar-refractivity contribution in [1.82, 2.24) is 9.78 Å². The Hall–Kier alpha value is -3.02. The molecule has 0 aliphatic carbocycles. The quantitative estimate of drug-likeness (QED) is 0.805. The van der Waals surface area contributed by atoms with Crippen molar-refractivity contribution in [3.05, 3.63) is 88.3 Å². The van der Waals surface area contributed by atoms with Gasteiger partial charge in [-0.05, 0) is 17.7 Å². The normalized spacial score (nSPS) is 10.5. The van der Waals surface area contributed by atoms with Gasteiger partial charge in [0.05, 0.1) is 5.69 Å². The van der Waals surface area contributed by atoms with Crippen LogP contribution in [-0.2, 0) is 6.54 Å². The Balaban J connectivity index is 2.00. The van der Waals surface area contributed by atoms with E-state index in [9.17, 15) is 13.6 Å². The maximum absolute atomic E-state index is 13.9. The summed E-state index contributed by atoms with van der Waals surface area (Å²) in [6.45, 7) is 0.200. The van der Waals surface area contributed by atoms with E-state index in [0.717, 1.165) is 10.2 Å². The van der Waals surface area contributed by atoms with Gasteiger partial charge >= 0.3 is 0 Å². The predicted molar refractivity (Wildman–Crippen MR) is 83.5 cm³/mol. The average molecular weight is 313 g/mol. The van der Waals surface area contributed by atoms with Gasteiger partial charge in [0, 0.05) is 6.54 Å². The summed E-state index contributed by atoms with van der Waals surface area (Å²) in [5.74, 6) is -2.61. The van der Waals surface area contributed by atoms with Crippen LogP contribution in [0.15, 0.2) is 65.5 Å². The lowest BCUT2D eigenvalue weighted by atomic mass is 10.2. The van der Waals surface area contributed by atoms with Crippen molar-refractivity contribution in [2.45, 2.75) is 6.54 Å². The zero-order chi connectivity index (χ0) is 16.2. The lowest BCUT2D eigenvalue weighted by Crippen LogP contribution is -2.27. The van der Waals surface area contributed by atoms with E-state index in [1.54, 1.807) is 30.3 Å². The number of rotatable bonds is 4. The Morgan fingerprint density at radius 3 is 2.22 bits per heavy atom. The Bertz CT molecular complexity index is 864. The molecule has 0 spiro atoms. The van der Waals surface area contributed by atoms with Crippen LogP contribution in [0, 0.1) is 11.8 Å². The van der Waals surface area contributed by atoms with E-state index in [-0.39, 0.29) is 6.54 Å². The molecule has 1 N–H and O–H groups in total. The number of para-hydroxylation sites is 1. The van der Waals surface area contributed by atoms with Crippen molar-refractivity contribution in [2.24, 2.45) is 0 Å². The first kappa shape index (κ1) is 14.9. The number of hydrogen-bond donors (Lipinski definition) is 1. The molecule has 4 nitrogen and oxygen atoms in total. The molecule has 3 aromatic rings. The minimum absolute atomic E-state index is 0.200. The Kier molecular flexibility index (Phi) is 4.14. The van der Waals surface area contributed by atoms with Crippen LogP contribution in [0.1, 0.15) is 5.56 Å². The molecule has 6 heteroatoms. The van der Waals surface area contributed by atoms with Gasteiger partial charge in [-0.3, -0.25) is 4.79 Å². The maximum atomic E-state index is 13.9. The summed E-state index contributed by atoms with van der Waals surface area (Å²) in [5.41, 5.74) is 0.0187. The molecule has 1 aromatic heterocycles. The van der Waals surface area contributed by atoms with E-state index in [1.165, 1.54) is 0 Å². The van der Waals surface area contributed by atoms with Gasteiger partial charge < -0.3 is 5.32 Å². The second kappa shape index (κ2) is 6.39. The van der Waals surface area contributed by atoms with Crippen LogP contribution in [0.5, 0.6) is 0 Å². The largest absolute Gasteiger partial charge is 0.374 e. The average Bonchev–Trinajstić information content (AvgIpc) is 2.60. The van der Waals surface area contributed by atoms with Gasteiger partial charge in [-0.1, -0.05) is 48.5 Å². The minimum atomic E-state index is -1.33. The zero-order valence-corrected chi connectivity index (χ0v) is 12.0. The molecule has 0 unspecified atom stereocenters. The summed E-state index contributed by atoms with van der Waals surface area (Å²) >= 11 is 0. The first-order chi connectivity index (χ1) is 11.2. The van der Waals surface area contributed by atoms with Gasteiger partial charge in [0.1, 0.15) is 5.69 Å². The van der Waals surface area contributed by atoms with E-state index in [2.05, 4.69) is 10.4 Å². The third kappa shape index (κ3) is 3.11. The molecular formula is C17H13F2N3O. The molecule has 2 aromatic carbocycles. The summed E-state index contributed by atoms with van der Waals surface area (Å²) in [5, 5.41) is 6.04. The summed E-state index contributed by atoms with van der Waals surface area (Å²) in [7, 11) is 0. The molecule has 1 heterocycles. The van der Waals surface area contributed by atoms with Crippen LogP contribution in [0.25, 0.3) is 5.69 Å². The topological polar surface area (TPSA) is 46.9 Å². The number of nitrogens with zero attached hydrogens (tertiary/aromatic N) is 2. The number of hydrogen-bond acceptors (Lipinski definition) is 3. The van der Waals surface area contributed by atoms with E-state index in [1.807, 2.05) is 30.3 Å². The summed E-state index contributed by atoms with van der Waals surface area (Å²) < 4.78 is 28.5. The van der Waals surface area contributed by atoms with Crippen molar-refractivity contribution in [3.63, 3.8) is 0 Å². The van der Waals surface area contributed by atoms with Crippen molar-refractivity contribution in [3.8, 4) is 5.69 Å². The molecule has 0 radical (unpaired) electrons. The van der Waals surface area contributed by atoms with Crippen LogP contribution in [0.2, 0.25) is 0 Å². The molecular weight excluding hydrogens is 300 g/mol. The van der Waals surface area contributed by atoms with Crippen molar-refractivity contribution in [2.75, 3.05) is 5.32 Å². The SMILES string of the molecule is O=c1c(NCc2ccccc2)c(F)c(F)nn1-c1ccccc1. The maximum Gasteiger partial charge on any atom is 0.298 e. The van der Waals surface area contributed by atoms with Gasteiger partial charge in [-0.25, -0.2) is 0 Å². The van der Waals surface area contributed by atoms with Crippen LogP contribution in [-0.4, -0.2) is 9.78 Å². The van der Waals surface area contributed by atoms with E-state index in [0.29, 0.717) is 5.69 Å². The number of nitrogens with one attached hydrogen (secondary N) is 1. The number of anilines is 1. The second-order valence-electron chi connectivity index (χ2n) is 4.87. The molecule has 116 valence electrons. The molecule has 3 rings (SSSR count). The molecule has 0 amide bonds. The van der Waals surface area contributed by atoms with E-state index < -0.39 is 23.0 Å². The monoisotopic (exact) mass is 313 g/mol. The van der Waals surface area contributed by atoms with Gasteiger partial charge in [-0.2, -0.15) is 13.5 Å². The fourth-order valence-corrected chi connectivity index (χ4v) is 2.16. The standard InChI is InChI=1S/C17H13F2N3O/c18-14-15(20-11-12-7-3-1-4-8-12)17(23)22(21-16(14)19)13-9-5-2-6-10-13/h1-10,20H,11H2. The first-order valence-corrected chi connectivity index (χ1v) is 6.98. The third-order valence-corrected chi connectivity index (χ3v) is 3.31. The van der Waals surface area contributed by atoms with Crippen molar-refractivity contribution >= 4 is 5.69 Å². The second-order valence-corrected chi connectivity index (χ2v) is 4.87. The minimum Gasteiger partial charge on any atom is -0.374 e. The molecule has 0 aliphatic heterocycles. The summed E-state index contributed by atoms with van der Waals surface area (Å²) in [6, 6.07) is 17.4. The molecule has 0 aliphatic rings. The Morgan fingerprint density at radius 2 is 1.57 bits per heavy atom. The predicted octanol–water partition coefficient (Wildman–Crippen LogP) is 3.12.